The van der Waals surface area contributed by atoms with Crippen molar-refractivity contribution in [1.29, 1.82) is 0 Å². The summed E-state index contributed by atoms with van der Waals surface area (Å²) < 4.78 is 5.74. The minimum Gasteiger partial charge on any atom is -0.388 e. The number of nitrogens with zero attached hydrogens (tertiary/aromatic N) is 2. The molecule has 2 heterocycles. The van der Waals surface area contributed by atoms with Crippen LogP contribution >= 0.6 is 0 Å². The van der Waals surface area contributed by atoms with Gasteiger partial charge in [-0.2, -0.15) is 5.10 Å². The lowest BCUT2D eigenvalue weighted by atomic mass is 9.80. The Morgan fingerprint density at radius 3 is 2.86 bits per heavy atom. The van der Waals surface area contributed by atoms with Gasteiger partial charge in [0, 0.05) is 25.6 Å². The van der Waals surface area contributed by atoms with Gasteiger partial charge in [-0.05, 0) is 33.1 Å². The van der Waals surface area contributed by atoms with Gasteiger partial charge in [0.05, 0.1) is 23.5 Å². The van der Waals surface area contributed by atoms with Crippen LogP contribution < -0.4 is 0 Å². The fraction of sp³-hybridized carbons (Fsp3) is 0.733. The quantitative estimate of drug-likeness (QED) is 0.883. The van der Waals surface area contributed by atoms with Crippen LogP contribution in [0.15, 0.2) is 0 Å². The molecular weight excluding hydrogens is 270 g/mol. The van der Waals surface area contributed by atoms with Crippen LogP contribution in [0.5, 0.6) is 0 Å². The van der Waals surface area contributed by atoms with Crippen LogP contribution in [0.3, 0.4) is 0 Å². The van der Waals surface area contributed by atoms with Crippen LogP contribution in [0.4, 0.5) is 0 Å². The molecular formula is C15H23N3O3. The fourth-order valence-electron chi connectivity index (χ4n) is 3.29. The van der Waals surface area contributed by atoms with E-state index in [1.807, 2.05) is 13.8 Å². The Balaban J connectivity index is 1.79. The molecule has 0 bridgehead atoms. The number of ether oxygens (including phenoxy) is 1. The van der Waals surface area contributed by atoms with Gasteiger partial charge in [0.15, 0.2) is 5.69 Å². The molecule has 6 nitrogen and oxygen atoms in total. The number of carbonyl (C=O) groups excluding carboxylic acids is 1. The third kappa shape index (κ3) is 2.58. The van der Waals surface area contributed by atoms with Gasteiger partial charge in [0.1, 0.15) is 0 Å². The van der Waals surface area contributed by atoms with Crippen molar-refractivity contribution >= 4 is 5.91 Å². The first-order valence-electron chi connectivity index (χ1n) is 7.60. The van der Waals surface area contributed by atoms with Gasteiger partial charge in [0.25, 0.3) is 5.91 Å². The molecule has 1 amide bonds. The standard InChI is InChI=1S/C15H23N3O3/c1-9-7-11-12(10(2)21-9)16-17-13(11)14(19)18(3)8-15(20)5-4-6-15/h9-10,20H,4-8H2,1-3H3,(H,16,17)/t9-,10+/m1/s1. The number of aromatic amines is 1. The highest BCUT2D eigenvalue weighted by Crippen LogP contribution is 2.33. The van der Waals surface area contributed by atoms with Crippen molar-refractivity contribution in [1.82, 2.24) is 15.1 Å². The maximum atomic E-state index is 12.6. The summed E-state index contributed by atoms with van der Waals surface area (Å²) >= 11 is 0. The molecule has 21 heavy (non-hydrogen) atoms. The summed E-state index contributed by atoms with van der Waals surface area (Å²) in [4.78, 5) is 14.2. The number of hydrogen-bond acceptors (Lipinski definition) is 4. The monoisotopic (exact) mass is 293 g/mol. The van der Waals surface area contributed by atoms with Gasteiger partial charge in [0.2, 0.25) is 0 Å². The van der Waals surface area contributed by atoms with Crippen LogP contribution in [0, 0.1) is 0 Å². The zero-order valence-electron chi connectivity index (χ0n) is 12.8. The Morgan fingerprint density at radius 1 is 1.52 bits per heavy atom. The third-order valence-electron chi connectivity index (χ3n) is 4.60. The van der Waals surface area contributed by atoms with Crippen molar-refractivity contribution in [3.63, 3.8) is 0 Å². The maximum Gasteiger partial charge on any atom is 0.274 e. The van der Waals surface area contributed by atoms with Gasteiger partial charge < -0.3 is 14.7 Å². The number of rotatable bonds is 3. The van der Waals surface area contributed by atoms with Crippen molar-refractivity contribution in [3.05, 3.63) is 17.0 Å². The van der Waals surface area contributed by atoms with Crippen molar-refractivity contribution < 1.29 is 14.6 Å². The molecule has 1 aromatic rings. The second-order valence-corrected chi connectivity index (χ2v) is 6.50. The van der Waals surface area contributed by atoms with Crippen LogP contribution in [0.25, 0.3) is 0 Å². The normalized spacial score (nSPS) is 26.9. The number of likely N-dealkylation sites (N-methyl/N-ethyl adjacent to an activating group) is 1. The molecule has 0 saturated heterocycles. The molecule has 0 aromatic carbocycles. The summed E-state index contributed by atoms with van der Waals surface area (Å²) in [5.74, 6) is -0.130. The SMILES string of the molecule is C[C@@H]1Cc2c(C(=O)N(C)CC3(O)CCC3)n[nH]c2[C@H](C)O1. The highest BCUT2D eigenvalue weighted by molar-refractivity contribution is 5.94. The summed E-state index contributed by atoms with van der Waals surface area (Å²) in [6.45, 7) is 4.33. The second-order valence-electron chi connectivity index (χ2n) is 6.50. The van der Waals surface area contributed by atoms with E-state index < -0.39 is 5.60 Å². The molecule has 1 aliphatic heterocycles. The first-order chi connectivity index (χ1) is 9.89. The Kier molecular flexibility index (Phi) is 3.53. The van der Waals surface area contributed by atoms with E-state index in [1.165, 1.54) is 0 Å². The zero-order chi connectivity index (χ0) is 15.2. The van der Waals surface area contributed by atoms with E-state index in [1.54, 1.807) is 11.9 Å². The molecule has 6 heteroatoms. The van der Waals surface area contributed by atoms with Gasteiger partial charge in [-0.1, -0.05) is 0 Å². The number of aromatic nitrogens is 2. The summed E-state index contributed by atoms with van der Waals surface area (Å²) in [5, 5.41) is 17.3. The van der Waals surface area contributed by atoms with E-state index in [0.717, 1.165) is 30.5 Å². The number of amides is 1. The molecule has 2 N–H and O–H groups in total. The summed E-state index contributed by atoms with van der Waals surface area (Å²) in [5.41, 5.74) is 1.62. The molecule has 1 aromatic heterocycles. The van der Waals surface area contributed by atoms with Gasteiger partial charge in [-0.3, -0.25) is 9.89 Å². The van der Waals surface area contributed by atoms with Gasteiger partial charge in [-0.25, -0.2) is 0 Å². The summed E-state index contributed by atoms with van der Waals surface area (Å²) in [6, 6.07) is 0. The molecule has 3 rings (SSSR count). The summed E-state index contributed by atoms with van der Waals surface area (Å²) in [7, 11) is 1.73. The lowest BCUT2D eigenvalue weighted by Gasteiger charge is -2.39. The van der Waals surface area contributed by atoms with Crippen molar-refractivity contribution in [3.8, 4) is 0 Å². The Bertz CT molecular complexity index is 550. The number of H-pyrrole nitrogens is 1. The minimum atomic E-state index is -0.704. The highest BCUT2D eigenvalue weighted by Gasteiger charge is 2.38. The van der Waals surface area contributed by atoms with Crippen molar-refractivity contribution in [2.75, 3.05) is 13.6 Å². The molecule has 1 saturated carbocycles. The number of carbonyl (C=O) groups is 1. The van der Waals surface area contributed by atoms with E-state index in [4.69, 9.17) is 4.74 Å². The Hall–Kier alpha value is -1.40. The summed E-state index contributed by atoms with van der Waals surface area (Å²) in [6.07, 6.45) is 3.27. The molecule has 2 aliphatic rings. The number of hydrogen-bond donors (Lipinski definition) is 2. The van der Waals surface area contributed by atoms with Crippen LogP contribution in [0.1, 0.15) is 61.0 Å². The third-order valence-corrected chi connectivity index (χ3v) is 4.60. The Labute approximate surface area is 124 Å². The van der Waals surface area contributed by atoms with Crippen molar-refractivity contribution in [2.45, 2.75) is 57.3 Å². The smallest absolute Gasteiger partial charge is 0.274 e. The number of fused-ring (bicyclic) bond motifs is 1. The second kappa shape index (κ2) is 5.10. The Morgan fingerprint density at radius 2 is 2.24 bits per heavy atom. The lowest BCUT2D eigenvalue weighted by molar-refractivity contribution is -0.0500. The highest BCUT2D eigenvalue weighted by atomic mass is 16.5. The first kappa shape index (κ1) is 14.5. The topological polar surface area (TPSA) is 78.5 Å². The van der Waals surface area contributed by atoms with E-state index >= 15 is 0 Å². The average Bonchev–Trinajstić information content (AvgIpc) is 2.79. The number of aliphatic hydroxyl groups is 1. The maximum absolute atomic E-state index is 12.6. The molecule has 1 fully saturated rings. The fourth-order valence-corrected chi connectivity index (χ4v) is 3.29. The molecule has 0 radical (unpaired) electrons. The molecule has 116 valence electrons. The van der Waals surface area contributed by atoms with Crippen LogP contribution in [-0.4, -0.2) is 51.4 Å². The molecule has 2 atom stereocenters. The number of nitrogens with one attached hydrogen (secondary N) is 1. The van der Waals surface area contributed by atoms with Gasteiger partial charge in [-0.15, -0.1) is 0 Å². The lowest BCUT2D eigenvalue weighted by Crippen LogP contribution is -2.48. The van der Waals surface area contributed by atoms with E-state index in [9.17, 15) is 9.90 Å². The minimum absolute atomic E-state index is 0.0704. The van der Waals surface area contributed by atoms with E-state index in [2.05, 4.69) is 10.2 Å². The average molecular weight is 293 g/mol. The predicted molar refractivity (Wildman–Crippen MR) is 77.0 cm³/mol. The van der Waals surface area contributed by atoms with Crippen LogP contribution in [-0.2, 0) is 11.2 Å². The van der Waals surface area contributed by atoms with E-state index in [0.29, 0.717) is 18.7 Å². The van der Waals surface area contributed by atoms with Crippen LogP contribution in [0.2, 0.25) is 0 Å². The zero-order valence-corrected chi connectivity index (χ0v) is 12.8. The van der Waals surface area contributed by atoms with E-state index in [-0.39, 0.29) is 18.1 Å². The van der Waals surface area contributed by atoms with Gasteiger partial charge >= 0.3 is 0 Å². The molecule has 1 aliphatic carbocycles. The van der Waals surface area contributed by atoms with Crippen molar-refractivity contribution in [2.24, 2.45) is 0 Å². The molecule has 0 unspecified atom stereocenters. The molecule has 0 spiro atoms. The largest absolute Gasteiger partial charge is 0.388 e. The predicted octanol–water partition coefficient (Wildman–Crippen LogP) is 1.42. The first-order valence-corrected chi connectivity index (χ1v) is 7.60.